The Morgan fingerprint density at radius 2 is 2.06 bits per heavy atom. The molecule has 0 aliphatic rings. The Morgan fingerprint density at radius 1 is 1.35 bits per heavy atom. The molecule has 1 aromatic heterocycles. The molecule has 2 aromatic rings. The van der Waals surface area contributed by atoms with Crippen LogP contribution in [0.25, 0.3) is 5.69 Å². The molecule has 2 rings (SSSR count). The van der Waals surface area contributed by atoms with Crippen LogP contribution >= 0.6 is 23.8 Å². The van der Waals surface area contributed by atoms with Crippen molar-refractivity contribution < 1.29 is 0 Å². The zero-order valence-electron chi connectivity index (χ0n) is 9.90. The summed E-state index contributed by atoms with van der Waals surface area (Å²) in [4.78, 5) is 0. The Morgan fingerprint density at radius 3 is 2.71 bits per heavy atom. The van der Waals surface area contributed by atoms with Gasteiger partial charge in [0.1, 0.15) is 4.64 Å². The van der Waals surface area contributed by atoms with E-state index in [-0.39, 0.29) is 0 Å². The van der Waals surface area contributed by atoms with Crippen molar-refractivity contribution in [3.8, 4) is 5.69 Å². The van der Waals surface area contributed by atoms with Gasteiger partial charge in [-0.05, 0) is 30.5 Å². The quantitative estimate of drug-likeness (QED) is 0.818. The average Bonchev–Trinajstić information content (AvgIpc) is 2.59. The molecule has 0 atom stereocenters. The second-order valence-corrected chi connectivity index (χ2v) is 5.33. The monoisotopic (exact) mass is 266 g/mol. The van der Waals surface area contributed by atoms with Crippen molar-refractivity contribution in [2.75, 3.05) is 0 Å². The predicted octanol–water partition coefficient (Wildman–Crippen LogP) is 4.39. The molecule has 1 aromatic carbocycles. The molecule has 1 N–H and O–H groups in total. The molecule has 0 bridgehead atoms. The Hall–Kier alpha value is -1.06. The Labute approximate surface area is 111 Å². The van der Waals surface area contributed by atoms with Crippen molar-refractivity contribution in [3.05, 3.63) is 45.7 Å². The highest BCUT2D eigenvalue weighted by molar-refractivity contribution is 7.71. The summed E-state index contributed by atoms with van der Waals surface area (Å²) in [5, 5.41) is 3.99. The Bertz CT molecular complexity index is 569. The van der Waals surface area contributed by atoms with Crippen LogP contribution in [0.15, 0.2) is 30.3 Å². The van der Waals surface area contributed by atoms with Gasteiger partial charge in [0, 0.05) is 5.69 Å². The molecule has 0 fully saturated rings. The molecule has 4 heteroatoms. The van der Waals surface area contributed by atoms with Gasteiger partial charge in [0.15, 0.2) is 0 Å². The van der Waals surface area contributed by atoms with Gasteiger partial charge in [0.2, 0.25) is 0 Å². The number of nitrogens with zero attached hydrogens (tertiary/aromatic N) is 1. The smallest absolute Gasteiger partial charge is 0.128 e. The normalized spacial score (nSPS) is 11.1. The third kappa shape index (κ3) is 2.79. The summed E-state index contributed by atoms with van der Waals surface area (Å²) >= 11 is 11.5. The predicted molar refractivity (Wildman–Crippen MR) is 74.5 cm³/mol. The van der Waals surface area contributed by atoms with Crippen LogP contribution in [0.5, 0.6) is 0 Å². The summed E-state index contributed by atoms with van der Waals surface area (Å²) in [7, 11) is 0. The van der Waals surface area contributed by atoms with E-state index >= 15 is 0 Å². The van der Waals surface area contributed by atoms with Gasteiger partial charge in [0.25, 0.3) is 0 Å². The minimum atomic E-state index is 0.600. The molecule has 0 saturated heterocycles. The standard InChI is InChI=1S/C13H15ClN2S/c1-9(2)7-10-8-13(17)16(15-10)12-6-4-3-5-11(12)14/h3-6,8-9,15H,7H2,1-2H3. The number of halogens is 1. The molecule has 2 nitrogen and oxygen atoms in total. The number of H-pyrrole nitrogens is 1. The molecule has 90 valence electrons. The third-order valence-corrected chi connectivity index (χ3v) is 3.12. The third-order valence-electron chi connectivity index (χ3n) is 2.50. The van der Waals surface area contributed by atoms with Crippen LogP contribution in [0.1, 0.15) is 19.5 Å². The molecule has 0 spiro atoms. The van der Waals surface area contributed by atoms with E-state index in [9.17, 15) is 0 Å². The van der Waals surface area contributed by atoms with E-state index in [1.807, 2.05) is 35.0 Å². The number of aromatic amines is 1. The highest BCUT2D eigenvalue weighted by atomic mass is 35.5. The molecule has 0 aliphatic carbocycles. The zero-order valence-corrected chi connectivity index (χ0v) is 11.5. The summed E-state index contributed by atoms with van der Waals surface area (Å²) in [6, 6.07) is 9.67. The minimum absolute atomic E-state index is 0.600. The fourth-order valence-electron chi connectivity index (χ4n) is 1.80. The van der Waals surface area contributed by atoms with Crippen molar-refractivity contribution >= 4 is 23.8 Å². The summed E-state index contributed by atoms with van der Waals surface area (Å²) in [5.41, 5.74) is 2.04. The number of rotatable bonds is 3. The van der Waals surface area contributed by atoms with Crippen molar-refractivity contribution in [2.45, 2.75) is 20.3 Å². The molecular weight excluding hydrogens is 252 g/mol. The van der Waals surface area contributed by atoms with E-state index in [4.69, 9.17) is 23.8 Å². The number of aromatic nitrogens is 2. The van der Waals surface area contributed by atoms with Gasteiger partial charge in [-0.1, -0.05) is 49.8 Å². The lowest BCUT2D eigenvalue weighted by Gasteiger charge is -2.06. The van der Waals surface area contributed by atoms with Gasteiger partial charge >= 0.3 is 0 Å². The van der Waals surface area contributed by atoms with E-state index in [0.717, 1.165) is 22.4 Å². The second-order valence-electron chi connectivity index (χ2n) is 4.50. The van der Waals surface area contributed by atoms with Gasteiger partial charge in [-0.3, -0.25) is 5.10 Å². The molecule has 17 heavy (non-hydrogen) atoms. The van der Waals surface area contributed by atoms with Crippen LogP contribution < -0.4 is 0 Å². The Balaban J connectivity index is 2.43. The van der Waals surface area contributed by atoms with Gasteiger partial charge in [-0.25, -0.2) is 4.68 Å². The van der Waals surface area contributed by atoms with Gasteiger partial charge in [-0.2, -0.15) is 0 Å². The van der Waals surface area contributed by atoms with Gasteiger partial charge < -0.3 is 0 Å². The zero-order chi connectivity index (χ0) is 12.4. The maximum absolute atomic E-state index is 6.16. The highest BCUT2D eigenvalue weighted by Crippen LogP contribution is 2.20. The van der Waals surface area contributed by atoms with E-state index in [1.54, 1.807) is 0 Å². The van der Waals surface area contributed by atoms with Crippen molar-refractivity contribution in [2.24, 2.45) is 5.92 Å². The molecule has 0 aliphatic heterocycles. The van der Waals surface area contributed by atoms with Crippen LogP contribution in [-0.2, 0) is 6.42 Å². The van der Waals surface area contributed by atoms with E-state index in [0.29, 0.717) is 10.9 Å². The maximum atomic E-state index is 6.16. The minimum Gasteiger partial charge on any atom is -0.297 e. The fraction of sp³-hybridized carbons (Fsp3) is 0.308. The van der Waals surface area contributed by atoms with E-state index < -0.39 is 0 Å². The maximum Gasteiger partial charge on any atom is 0.128 e. The summed E-state index contributed by atoms with van der Waals surface area (Å²) in [6.07, 6.45) is 0.987. The first-order valence-electron chi connectivity index (χ1n) is 5.64. The van der Waals surface area contributed by atoms with E-state index in [2.05, 4.69) is 18.9 Å². The van der Waals surface area contributed by atoms with Crippen LogP contribution in [0, 0.1) is 10.6 Å². The molecule has 0 amide bonds. The number of hydrogen-bond acceptors (Lipinski definition) is 1. The fourth-order valence-corrected chi connectivity index (χ4v) is 2.31. The summed E-state index contributed by atoms with van der Waals surface area (Å²) < 4.78 is 2.61. The first-order valence-corrected chi connectivity index (χ1v) is 6.42. The van der Waals surface area contributed by atoms with Crippen LogP contribution in [0.3, 0.4) is 0 Å². The van der Waals surface area contributed by atoms with E-state index in [1.165, 1.54) is 0 Å². The number of para-hydroxylation sites is 1. The van der Waals surface area contributed by atoms with Crippen molar-refractivity contribution in [1.29, 1.82) is 0 Å². The number of hydrogen-bond donors (Lipinski definition) is 1. The first kappa shape index (κ1) is 12.4. The second kappa shape index (κ2) is 5.07. The molecule has 0 saturated carbocycles. The van der Waals surface area contributed by atoms with Crippen LogP contribution in [0.2, 0.25) is 5.02 Å². The molecule has 1 heterocycles. The lowest BCUT2D eigenvalue weighted by molar-refractivity contribution is 0.628. The highest BCUT2D eigenvalue weighted by Gasteiger charge is 2.06. The summed E-state index contributed by atoms with van der Waals surface area (Å²) in [5.74, 6) is 0.600. The largest absolute Gasteiger partial charge is 0.297 e. The average molecular weight is 267 g/mol. The lowest BCUT2D eigenvalue weighted by Crippen LogP contribution is -2.00. The Kier molecular flexibility index (Phi) is 3.69. The SMILES string of the molecule is CC(C)Cc1cc(=S)n(-c2ccccc2Cl)[nH]1. The topological polar surface area (TPSA) is 20.7 Å². The summed E-state index contributed by atoms with van der Waals surface area (Å²) in [6.45, 7) is 4.37. The molecular formula is C13H15ClN2S. The van der Waals surface area contributed by atoms with Crippen LogP contribution in [0.4, 0.5) is 0 Å². The number of nitrogens with one attached hydrogen (secondary N) is 1. The first-order chi connectivity index (χ1) is 8.08. The van der Waals surface area contributed by atoms with Crippen molar-refractivity contribution in [1.82, 2.24) is 9.78 Å². The number of benzene rings is 1. The van der Waals surface area contributed by atoms with Gasteiger partial charge in [0.05, 0.1) is 10.7 Å². The van der Waals surface area contributed by atoms with Crippen LogP contribution in [-0.4, -0.2) is 9.78 Å². The van der Waals surface area contributed by atoms with Gasteiger partial charge in [-0.15, -0.1) is 0 Å². The van der Waals surface area contributed by atoms with Crippen molar-refractivity contribution in [3.63, 3.8) is 0 Å². The molecule has 0 unspecified atom stereocenters. The lowest BCUT2D eigenvalue weighted by atomic mass is 10.1. The molecule has 0 radical (unpaired) electrons.